The van der Waals surface area contributed by atoms with Gasteiger partial charge in [-0.1, -0.05) is 46.6 Å². The Morgan fingerprint density at radius 3 is 2.25 bits per heavy atom. The largest absolute Gasteiger partial charge is 0.480 e. The Hall–Kier alpha value is -2.48. The lowest BCUT2D eigenvalue weighted by Crippen LogP contribution is -2.32. The van der Waals surface area contributed by atoms with Gasteiger partial charge >= 0.3 is 12.1 Å². The highest BCUT2D eigenvalue weighted by molar-refractivity contribution is 7.99. The van der Waals surface area contributed by atoms with Gasteiger partial charge < -0.3 is 10.4 Å². The van der Waals surface area contributed by atoms with E-state index in [4.69, 9.17) is 0 Å². The van der Waals surface area contributed by atoms with Crippen molar-refractivity contribution in [1.29, 1.82) is 0 Å². The number of halogens is 3. The fraction of sp³-hybridized carbons (Fsp3) is 0.500. The van der Waals surface area contributed by atoms with Crippen molar-refractivity contribution in [2.75, 3.05) is 16.8 Å². The van der Waals surface area contributed by atoms with E-state index in [0.717, 1.165) is 44.2 Å². The minimum atomic E-state index is -4.48. The highest BCUT2D eigenvalue weighted by Crippen LogP contribution is 2.29. The molecule has 0 bridgehead atoms. The maximum atomic E-state index is 12.7. The maximum absolute atomic E-state index is 12.7. The lowest BCUT2D eigenvalue weighted by Gasteiger charge is -2.15. The van der Waals surface area contributed by atoms with E-state index in [1.807, 2.05) is 0 Å². The number of aliphatic carboxylic acids is 1. The van der Waals surface area contributed by atoms with Crippen molar-refractivity contribution in [2.45, 2.75) is 78.9 Å². The van der Waals surface area contributed by atoms with Gasteiger partial charge in [0.05, 0.1) is 5.56 Å². The number of carboxylic acids is 1. The van der Waals surface area contributed by atoms with Crippen molar-refractivity contribution in [3.63, 3.8) is 0 Å². The second kappa shape index (κ2) is 16.3. The second-order valence-electron chi connectivity index (χ2n) is 9.26. The number of allylic oxidation sites excluding steroid dienone is 7. The fourth-order valence-electron chi connectivity index (χ4n) is 3.18. The number of thioether (sulfide) groups is 1. The Balaban J connectivity index is 2.66. The van der Waals surface area contributed by atoms with Gasteiger partial charge in [0.25, 0.3) is 0 Å². The van der Waals surface area contributed by atoms with E-state index in [-0.39, 0.29) is 11.6 Å². The minimum absolute atomic E-state index is 0.0996. The van der Waals surface area contributed by atoms with Crippen LogP contribution in [0.3, 0.4) is 0 Å². The number of pyridine rings is 1. The summed E-state index contributed by atoms with van der Waals surface area (Å²) in [6.45, 7) is 10.5. The smallest absolute Gasteiger partial charge is 0.417 e. The monoisotopic (exact) mass is 524 g/mol. The molecule has 1 aromatic rings. The normalized spacial score (nSPS) is 13.2. The van der Waals surface area contributed by atoms with Gasteiger partial charge in [-0.15, -0.1) is 0 Å². The summed E-state index contributed by atoms with van der Waals surface area (Å²) in [5, 5.41) is 12.2. The molecule has 0 spiro atoms. The first-order valence-corrected chi connectivity index (χ1v) is 13.2. The summed E-state index contributed by atoms with van der Waals surface area (Å²) in [6.07, 6.45) is 10.0. The molecule has 2 N–H and O–H groups in total. The Kier molecular flexibility index (Phi) is 14.3. The van der Waals surface area contributed by atoms with Gasteiger partial charge in [-0.25, -0.2) is 9.78 Å². The van der Waals surface area contributed by atoms with E-state index >= 15 is 0 Å². The number of nitrogens with one attached hydrogen (secondary N) is 1. The average molecular weight is 525 g/mol. The van der Waals surface area contributed by atoms with Crippen LogP contribution in [0.2, 0.25) is 0 Å². The molecule has 4 nitrogen and oxygen atoms in total. The number of nitrogens with zero attached hydrogens (tertiary/aromatic N) is 1. The van der Waals surface area contributed by atoms with Crippen LogP contribution in [0.1, 0.15) is 72.3 Å². The summed E-state index contributed by atoms with van der Waals surface area (Å²) in [7, 11) is 0. The Morgan fingerprint density at radius 1 is 1.03 bits per heavy atom. The van der Waals surface area contributed by atoms with Crippen LogP contribution in [0.5, 0.6) is 0 Å². The molecule has 0 amide bonds. The molecule has 0 radical (unpaired) electrons. The molecule has 0 saturated carbocycles. The van der Waals surface area contributed by atoms with Crippen LogP contribution in [0.15, 0.2) is 64.9 Å². The number of carboxylic acid groups (broad SMARTS) is 1. The zero-order valence-electron chi connectivity index (χ0n) is 21.9. The number of aromatic nitrogens is 1. The number of hydrogen-bond donors (Lipinski definition) is 2. The molecule has 0 aliphatic rings. The zero-order chi connectivity index (χ0) is 27.1. The standard InChI is InChI=1S/C28H39F3N2O2S/c1-20(2)8-6-9-22(5)10-7-11-23(13-12-21(3)4)16-17-36-19-25(27(34)35)33-26-15-14-24(18-32-26)28(29,30)31/h8,10,12,14-16,18,25H,6-7,9,11,13,17,19H2,1-5H3,(H,32,33)(H,34,35). The predicted molar refractivity (Wildman–Crippen MR) is 145 cm³/mol. The van der Waals surface area contributed by atoms with Crippen molar-refractivity contribution in [3.05, 3.63) is 70.5 Å². The van der Waals surface area contributed by atoms with Gasteiger partial charge in [0.2, 0.25) is 0 Å². The van der Waals surface area contributed by atoms with E-state index in [2.05, 4.69) is 69.2 Å². The molecular formula is C28H39F3N2O2S. The molecule has 0 fully saturated rings. The number of rotatable bonds is 15. The van der Waals surface area contributed by atoms with Crippen LogP contribution in [0, 0.1) is 0 Å². The molecule has 36 heavy (non-hydrogen) atoms. The molecule has 8 heteroatoms. The molecule has 0 aromatic carbocycles. The predicted octanol–water partition coefficient (Wildman–Crippen LogP) is 8.45. The Bertz CT molecular complexity index is 941. The van der Waals surface area contributed by atoms with Gasteiger partial charge in [-0.05, 0) is 78.9 Å². The number of carbonyl (C=O) groups is 1. The molecule has 1 heterocycles. The molecule has 0 saturated heterocycles. The first-order valence-electron chi connectivity index (χ1n) is 12.1. The topological polar surface area (TPSA) is 62.2 Å². The summed E-state index contributed by atoms with van der Waals surface area (Å²) in [6, 6.07) is 1.08. The highest BCUT2D eigenvalue weighted by Gasteiger charge is 2.30. The van der Waals surface area contributed by atoms with E-state index in [0.29, 0.717) is 11.9 Å². The fourth-order valence-corrected chi connectivity index (χ4v) is 4.13. The van der Waals surface area contributed by atoms with Gasteiger partial charge in [0.15, 0.2) is 0 Å². The van der Waals surface area contributed by atoms with Crippen LogP contribution in [-0.4, -0.2) is 33.6 Å². The zero-order valence-corrected chi connectivity index (χ0v) is 22.7. The van der Waals surface area contributed by atoms with Gasteiger partial charge in [-0.3, -0.25) is 0 Å². The van der Waals surface area contributed by atoms with E-state index in [9.17, 15) is 23.1 Å². The quantitative estimate of drug-likeness (QED) is 0.178. The highest BCUT2D eigenvalue weighted by atomic mass is 32.2. The van der Waals surface area contributed by atoms with Crippen molar-refractivity contribution < 1.29 is 23.1 Å². The van der Waals surface area contributed by atoms with Gasteiger partial charge in [0.1, 0.15) is 11.9 Å². The van der Waals surface area contributed by atoms with Crippen LogP contribution in [-0.2, 0) is 11.0 Å². The van der Waals surface area contributed by atoms with Crippen molar-refractivity contribution in [1.82, 2.24) is 4.98 Å². The van der Waals surface area contributed by atoms with E-state index < -0.39 is 23.8 Å². The van der Waals surface area contributed by atoms with Crippen LogP contribution in [0.25, 0.3) is 0 Å². The number of anilines is 1. The summed E-state index contributed by atoms with van der Waals surface area (Å²) in [4.78, 5) is 15.3. The summed E-state index contributed by atoms with van der Waals surface area (Å²) < 4.78 is 38.1. The molecule has 1 atom stereocenters. The van der Waals surface area contributed by atoms with E-state index in [1.54, 1.807) is 0 Å². The molecule has 200 valence electrons. The summed E-state index contributed by atoms with van der Waals surface area (Å²) >= 11 is 1.46. The lowest BCUT2D eigenvalue weighted by atomic mass is 10.0. The molecule has 0 aliphatic carbocycles. The Morgan fingerprint density at radius 2 is 1.69 bits per heavy atom. The summed E-state index contributed by atoms with van der Waals surface area (Å²) in [5.74, 6) is -0.0659. The van der Waals surface area contributed by atoms with Crippen LogP contribution < -0.4 is 5.32 Å². The lowest BCUT2D eigenvalue weighted by molar-refractivity contribution is -0.138. The van der Waals surface area contributed by atoms with Gasteiger partial charge in [-0.2, -0.15) is 24.9 Å². The van der Waals surface area contributed by atoms with Crippen molar-refractivity contribution >= 4 is 23.5 Å². The molecule has 1 aromatic heterocycles. The number of hydrogen-bond acceptors (Lipinski definition) is 4. The Labute approximate surface area is 217 Å². The van der Waals surface area contributed by atoms with Crippen LogP contribution >= 0.6 is 11.8 Å². The molecular weight excluding hydrogens is 485 g/mol. The third-order valence-corrected chi connectivity index (χ3v) is 6.28. The molecule has 1 rings (SSSR count). The first-order chi connectivity index (χ1) is 16.9. The second-order valence-corrected chi connectivity index (χ2v) is 10.3. The minimum Gasteiger partial charge on any atom is -0.480 e. The van der Waals surface area contributed by atoms with Crippen LogP contribution in [0.4, 0.5) is 19.0 Å². The third-order valence-electron chi connectivity index (χ3n) is 5.31. The van der Waals surface area contributed by atoms with Crippen molar-refractivity contribution in [3.8, 4) is 0 Å². The third kappa shape index (κ3) is 14.2. The first kappa shape index (κ1) is 31.5. The van der Waals surface area contributed by atoms with Gasteiger partial charge in [0, 0.05) is 17.7 Å². The van der Waals surface area contributed by atoms with E-state index in [1.165, 1.54) is 34.1 Å². The maximum Gasteiger partial charge on any atom is 0.417 e. The van der Waals surface area contributed by atoms with Crippen molar-refractivity contribution in [2.24, 2.45) is 0 Å². The SMILES string of the molecule is CC(C)=CCCC(C)=CCCC(=CCSCC(Nc1ccc(C(F)(F)F)cn1)C(=O)O)CC=C(C)C. The summed E-state index contributed by atoms with van der Waals surface area (Å²) in [5.41, 5.74) is 4.41. The number of alkyl halides is 3. The molecule has 0 aliphatic heterocycles. The molecule has 1 unspecified atom stereocenters. The average Bonchev–Trinajstić information content (AvgIpc) is 2.78.